The molecule has 0 aliphatic carbocycles. The van der Waals surface area contributed by atoms with Gasteiger partial charge < -0.3 is 5.32 Å². The average Bonchev–Trinajstić information content (AvgIpc) is 2.77. The van der Waals surface area contributed by atoms with E-state index in [2.05, 4.69) is 102 Å². The van der Waals surface area contributed by atoms with Crippen molar-refractivity contribution in [3.8, 4) is 22.3 Å². The minimum atomic E-state index is 1.09. The van der Waals surface area contributed by atoms with Crippen LogP contribution < -0.4 is 5.32 Å². The molecule has 0 saturated carbocycles. The lowest BCUT2D eigenvalue weighted by atomic mass is 10.0. The molecule has 0 unspecified atom stereocenters. The van der Waals surface area contributed by atoms with Crippen molar-refractivity contribution >= 4 is 11.4 Å². The zero-order valence-electron chi connectivity index (χ0n) is 15.9. The van der Waals surface area contributed by atoms with Gasteiger partial charge in [-0.25, -0.2) is 0 Å². The largest absolute Gasteiger partial charge is 0.355 e. The lowest BCUT2D eigenvalue weighted by molar-refractivity contribution is 1.50. The molecule has 0 radical (unpaired) electrons. The van der Waals surface area contributed by atoms with Gasteiger partial charge in [0, 0.05) is 11.4 Å². The molecular formula is C26H25N. The molecule has 1 heteroatoms. The lowest BCUT2D eigenvalue weighted by Crippen LogP contribution is -1.91. The van der Waals surface area contributed by atoms with Crippen molar-refractivity contribution in [1.29, 1.82) is 0 Å². The fourth-order valence-corrected chi connectivity index (χ4v) is 2.98. The van der Waals surface area contributed by atoms with Crippen molar-refractivity contribution in [3.05, 3.63) is 109 Å². The van der Waals surface area contributed by atoms with Crippen molar-refractivity contribution in [2.45, 2.75) is 13.8 Å². The van der Waals surface area contributed by atoms with Crippen LogP contribution in [-0.4, -0.2) is 0 Å². The molecule has 0 heterocycles. The molecule has 4 rings (SSSR count). The molecule has 0 spiro atoms. The van der Waals surface area contributed by atoms with Crippen LogP contribution >= 0.6 is 0 Å². The predicted octanol–water partition coefficient (Wildman–Crippen LogP) is 7.79. The summed E-state index contributed by atoms with van der Waals surface area (Å²) in [5.41, 5.74) is 7.06. The first-order chi connectivity index (χ1) is 13.4. The second kappa shape index (κ2) is 9.40. The van der Waals surface area contributed by atoms with Crippen LogP contribution in [0.5, 0.6) is 0 Å². The molecule has 0 amide bonds. The standard InChI is InChI=1S/C24H19N.C2H6/c1-3-9-19(10-4-1)21-13-7-15-23(17-21)25-24-16-8-14-22(18-24)20-11-5-2-6-12-20;1-2/h1-18,25H;1-2H3. The monoisotopic (exact) mass is 351 g/mol. The molecule has 134 valence electrons. The summed E-state index contributed by atoms with van der Waals surface area (Å²) in [5, 5.41) is 3.52. The fraction of sp³-hybridized carbons (Fsp3) is 0.0769. The van der Waals surface area contributed by atoms with E-state index in [-0.39, 0.29) is 0 Å². The highest BCUT2D eigenvalue weighted by molar-refractivity contribution is 5.73. The maximum Gasteiger partial charge on any atom is 0.0390 e. The van der Waals surface area contributed by atoms with Gasteiger partial charge in [-0.05, 0) is 46.5 Å². The first-order valence-electron chi connectivity index (χ1n) is 9.46. The van der Waals surface area contributed by atoms with Gasteiger partial charge in [0.15, 0.2) is 0 Å². The highest BCUT2D eigenvalue weighted by Crippen LogP contribution is 2.27. The van der Waals surface area contributed by atoms with Crippen LogP contribution in [-0.2, 0) is 0 Å². The Kier molecular flexibility index (Phi) is 6.43. The third-order valence-electron chi connectivity index (χ3n) is 4.23. The van der Waals surface area contributed by atoms with Crippen LogP contribution in [0.1, 0.15) is 13.8 Å². The third kappa shape index (κ3) is 4.86. The van der Waals surface area contributed by atoms with Crippen molar-refractivity contribution in [1.82, 2.24) is 0 Å². The zero-order valence-corrected chi connectivity index (χ0v) is 15.9. The van der Waals surface area contributed by atoms with Gasteiger partial charge in [-0.1, -0.05) is 98.8 Å². The molecule has 0 fully saturated rings. The second-order valence-corrected chi connectivity index (χ2v) is 6.02. The Morgan fingerprint density at radius 3 is 1.19 bits per heavy atom. The van der Waals surface area contributed by atoms with E-state index < -0.39 is 0 Å². The van der Waals surface area contributed by atoms with Gasteiger partial charge in [0.05, 0.1) is 0 Å². The van der Waals surface area contributed by atoms with Crippen molar-refractivity contribution in [2.24, 2.45) is 0 Å². The summed E-state index contributed by atoms with van der Waals surface area (Å²) in [7, 11) is 0. The lowest BCUT2D eigenvalue weighted by Gasteiger charge is -2.10. The quantitative estimate of drug-likeness (QED) is 0.395. The Balaban J connectivity index is 0.00000102. The zero-order chi connectivity index (χ0) is 18.9. The van der Waals surface area contributed by atoms with Gasteiger partial charge in [-0.3, -0.25) is 0 Å². The maximum absolute atomic E-state index is 3.52. The highest BCUT2D eigenvalue weighted by atomic mass is 14.9. The minimum absolute atomic E-state index is 1.09. The van der Waals surface area contributed by atoms with Gasteiger partial charge in [-0.15, -0.1) is 0 Å². The molecule has 4 aromatic rings. The molecule has 0 aliphatic rings. The summed E-state index contributed by atoms with van der Waals surface area (Å²) in [6.07, 6.45) is 0. The van der Waals surface area contributed by atoms with Crippen molar-refractivity contribution in [2.75, 3.05) is 5.32 Å². The molecule has 0 aromatic heterocycles. The van der Waals surface area contributed by atoms with Crippen LogP contribution in [0.2, 0.25) is 0 Å². The van der Waals surface area contributed by atoms with E-state index in [0.717, 1.165) is 11.4 Å². The number of nitrogens with one attached hydrogen (secondary N) is 1. The Morgan fingerprint density at radius 1 is 0.407 bits per heavy atom. The number of benzene rings is 4. The first kappa shape index (κ1) is 18.5. The fourth-order valence-electron chi connectivity index (χ4n) is 2.98. The van der Waals surface area contributed by atoms with Crippen LogP contribution in [0.25, 0.3) is 22.3 Å². The SMILES string of the molecule is CC.c1ccc(-c2cccc(Nc3cccc(-c4ccccc4)c3)c2)cc1. The number of hydrogen-bond acceptors (Lipinski definition) is 1. The topological polar surface area (TPSA) is 12.0 Å². The molecule has 4 aromatic carbocycles. The number of rotatable bonds is 4. The van der Waals surface area contributed by atoms with Crippen LogP contribution in [0, 0.1) is 0 Å². The average molecular weight is 351 g/mol. The molecule has 27 heavy (non-hydrogen) atoms. The number of anilines is 2. The molecule has 0 atom stereocenters. The van der Waals surface area contributed by atoms with E-state index in [1.165, 1.54) is 22.3 Å². The third-order valence-corrected chi connectivity index (χ3v) is 4.23. The molecule has 1 N–H and O–H groups in total. The minimum Gasteiger partial charge on any atom is -0.355 e. The van der Waals surface area contributed by atoms with E-state index in [4.69, 9.17) is 0 Å². The molecular weight excluding hydrogens is 326 g/mol. The van der Waals surface area contributed by atoms with E-state index in [9.17, 15) is 0 Å². The summed E-state index contributed by atoms with van der Waals surface area (Å²) in [6.45, 7) is 4.00. The molecule has 1 nitrogen and oxygen atoms in total. The first-order valence-corrected chi connectivity index (χ1v) is 9.46. The highest BCUT2D eigenvalue weighted by Gasteiger charge is 2.02. The summed E-state index contributed by atoms with van der Waals surface area (Å²) < 4.78 is 0. The van der Waals surface area contributed by atoms with Gasteiger partial charge in [-0.2, -0.15) is 0 Å². The Labute approximate surface area is 162 Å². The van der Waals surface area contributed by atoms with Crippen molar-refractivity contribution < 1.29 is 0 Å². The van der Waals surface area contributed by atoms with Gasteiger partial charge in [0.25, 0.3) is 0 Å². The van der Waals surface area contributed by atoms with Gasteiger partial charge in [0.1, 0.15) is 0 Å². The summed E-state index contributed by atoms with van der Waals surface area (Å²) in [5.74, 6) is 0. The second-order valence-electron chi connectivity index (χ2n) is 6.02. The van der Waals surface area contributed by atoms with E-state index in [1.54, 1.807) is 0 Å². The van der Waals surface area contributed by atoms with Crippen LogP contribution in [0.4, 0.5) is 11.4 Å². The Bertz CT molecular complexity index is 878. The molecule has 0 aliphatic heterocycles. The van der Waals surface area contributed by atoms with E-state index in [0.29, 0.717) is 0 Å². The normalized spacial score (nSPS) is 9.85. The molecule has 0 saturated heterocycles. The Hall–Kier alpha value is -3.32. The summed E-state index contributed by atoms with van der Waals surface area (Å²) >= 11 is 0. The Morgan fingerprint density at radius 2 is 0.778 bits per heavy atom. The predicted molar refractivity (Wildman–Crippen MR) is 118 cm³/mol. The number of hydrogen-bond donors (Lipinski definition) is 1. The van der Waals surface area contributed by atoms with Crippen molar-refractivity contribution in [3.63, 3.8) is 0 Å². The van der Waals surface area contributed by atoms with Gasteiger partial charge >= 0.3 is 0 Å². The van der Waals surface area contributed by atoms with Crippen LogP contribution in [0.15, 0.2) is 109 Å². The van der Waals surface area contributed by atoms with Crippen LogP contribution in [0.3, 0.4) is 0 Å². The molecule has 0 bridgehead atoms. The summed E-state index contributed by atoms with van der Waals surface area (Å²) in [6, 6.07) is 37.9. The summed E-state index contributed by atoms with van der Waals surface area (Å²) in [4.78, 5) is 0. The van der Waals surface area contributed by atoms with E-state index in [1.807, 2.05) is 26.0 Å². The smallest absolute Gasteiger partial charge is 0.0390 e. The van der Waals surface area contributed by atoms with E-state index >= 15 is 0 Å². The van der Waals surface area contributed by atoms with Gasteiger partial charge in [0.2, 0.25) is 0 Å². The maximum atomic E-state index is 3.52.